The molecule has 19 heavy (non-hydrogen) atoms. The van der Waals surface area contributed by atoms with Crippen molar-refractivity contribution in [1.82, 2.24) is 15.5 Å². The van der Waals surface area contributed by atoms with Gasteiger partial charge in [-0.2, -0.15) is 0 Å². The average molecular weight is 263 g/mol. The zero-order chi connectivity index (χ0) is 14.5. The average Bonchev–Trinajstić information content (AvgIpc) is 2.39. The fourth-order valence-corrected chi connectivity index (χ4v) is 1.80. The van der Waals surface area contributed by atoms with Gasteiger partial charge >= 0.3 is 0 Å². The number of hydrogen-bond donors (Lipinski definition) is 2. The monoisotopic (exact) mass is 263 g/mol. The summed E-state index contributed by atoms with van der Waals surface area (Å²) in [6.07, 6.45) is 0. The molecule has 0 spiro atoms. The summed E-state index contributed by atoms with van der Waals surface area (Å²) in [6.45, 7) is 4.34. The topological polar surface area (TPSA) is 44.4 Å². The molecule has 0 saturated heterocycles. The number of amides is 1. The van der Waals surface area contributed by atoms with Gasteiger partial charge in [-0.05, 0) is 40.6 Å². The Morgan fingerprint density at radius 3 is 2.32 bits per heavy atom. The molecule has 0 fully saturated rings. The fraction of sp³-hybridized carbons (Fsp3) is 0.533. The molecule has 1 aromatic carbocycles. The quantitative estimate of drug-likeness (QED) is 0.815. The largest absolute Gasteiger partial charge is 0.353 e. The van der Waals surface area contributed by atoms with E-state index < -0.39 is 5.54 Å². The maximum Gasteiger partial charge on any atom is 0.239 e. The molecule has 0 aliphatic carbocycles. The number of rotatable bonds is 6. The Morgan fingerprint density at radius 1 is 1.26 bits per heavy atom. The van der Waals surface area contributed by atoms with Crippen LogP contribution in [-0.2, 0) is 4.79 Å². The van der Waals surface area contributed by atoms with Crippen molar-refractivity contribution in [3.63, 3.8) is 0 Å². The highest BCUT2D eigenvalue weighted by molar-refractivity contribution is 5.85. The maximum absolute atomic E-state index is 12.1. The molecule has 0 bridgehead atoms. The molecule has 1 aromatic rings. The molecule has 2 N–H and O–H groups in total. The minimum atomic E-state index is -0.548. The molecule has 106 valence electrons. The van der Waals surface area contributed by atoms with Crippen molar-refractivity contribution in [1.29, 1.82) is 0 Å². The van der Waals surface area contributed by atoms with Crippen LogP contribution >= 0.6 is 0 Å². The van der Waals surface area contributed by atoms with Crippen LogP contribution in [-0.4, -0.2) is 44.0 Å². The normalized spacial score (nSPS) is 13.4. The van der Waals surface area contributed by atoms with Crippen LogP contribution in [0, 0.1) is 0 Å². The number of carbonyl (C=O) groups excluding carboxylic acids is 1. The summed E-state index contributed by atoms with van der Waals surface area (Å²) in [5.41, 5.74) is 0.656. The highest BCUT2D eigenvalue weighted by Gasteiger charge is 2.26. The summed E-state index contributed by atoms with van der Waals surface area (Å²) in [4.78, 5) is 14.2. The number of nitrogens with zero attached hydrogens (tertiary/aromatic N) is 1. The lowest BCUT2D eigenvalue weighted by Crippen LogP contribution is -2.52. The predicted molar refractivity (Wildman–Crippen MR) is 79.0 cm³/mol. The molecular formula is C15H25N3O. The summed E-state index contributed by atoms with van der Waals surface area (Å²) in [5, 5.41) is 6.02. The van der Waals surface area contributed by atoms with Gasteiger partial charge in [0.15, 0.2) is 0 Å². The lowest BCUT2D eigenvalue weighted by atomic mass is 10.0. The van der Waals surface area contributed by atoms with Crippen LogP contribution in [0.15, 0.2) is 30.3 Å². The second-order valence-corrected chi connectivity index (χ2v) is 5.48. The maximum atomic E-state index is 12.1. The third-order valence-corrected chi connectivity index (χ3v) is 3.46. The second-order valence-electron chi connectivity index (χ2n) is 5.48. The first kappa shape index (κ1) is 15.7. The van der Waals surface area contributed by atoms with Crippen LogP contribution in [0.2, 0.25) is 0 Å². The van der Waals surface area contributed by atoms with E-state index in [1.165, 1.54) is 5.56 Å². The zero-order valence-electron chi connectivity index (χ0n) is 12.5. The van der Waals surface area contributed by atoms with Crippen LogP contribution in [0.25, 0.3) is 0 Å². The lowest BCUT2D eigenvalue weighted by molar-refractivity contribution is -0.126. The minimum absolute atomic E-state index is 0.0118. The fourth-order valence-electron chi connectivity index (χ4n) is 1.80. The molecular weight excluding hydrogens is 238 g/mol. The van der Waals surface area contributed by atoms with Gasteiger partial charge in [-0.1, -0.05) is 30.3 Å². The van der Waals surface area contributed by atoms with Crippen molar-refractivity contribution in [3.05, 3.63) is 35.9 Å². The molecule has 4 heteroatoms. The van der Waals surface area contributed by atoms with Crippen molar-refractivity contribution < 1.29 is 4.79 Å². The van der Waals surface area contributed by atoms with Gasteiger partial charge in [0, 0.05) is 6.54 Å². The van der Waals surface area contributed by atoms with Crippen LogP contribution in [0.3, 0.4) is 0 Å². The Hall–Kier alpha value is -1.39. The third kappa shape index (κ3) is 4.33. The molecule has 0 aliphatic heterocycles. The van der Waals surface area contributed by atoms with Gasteiger partial charge in [-0.3, -0.25) is 4.79 Å². The van der Waals surface area contributed by atoms with E-state index in [1.807, 2.05) is 46.1 Å². The summed E-state index contributed by atoms with van der Waals surface area (Å²) in [7, 11) is 5.83. The predicted octanol–water partition coefficient (Wildman–Crippen LogP) is 1.40. The summed E-state index contributed by atoms with van der Waals surface area (Å²) < 4.78 is 0. The SMILES string of the molecule is CNC(C)(C)C(=O)NCC(c1ccccc1)N(C)C. The Kier molecular flexibility index (Phi) is 5.51. The minimum Gasteiger partial charge on any atom is -0.353 e. The lowest BCUT2D eigenvalue weighted by Gasteiger charge is -2.28. The van der Waals surface area contributed by atoms with Crippen LogP contribution in [0.4, 0.5) is 0 Å². The summed E-state index contributed by atoms with van der Waals surface area (Å²) in [5.74, 6) is 0.0118. The van der Waals surface area contributed by atoms with E-state index in [2.05, 4.69) is 27.7 Å². The Morgan fingerprint density at radius 2 is 1.84 bits per heavy atom. The van der Waals surface area contributed by atoms with Gasteiger partial charge in [0.25, 0.3) is 0 Å². The molecule has 0 aliphatic rings. The highest BCUT2D eigenvalue weighted by atomic mass is 16.2. The molecule has 0 heterocycles. The Labute approximate surface area is 116 Å². The molecule has 1 atom stereocenters. The smallest absolute Gasteiger partial charge is 0.239 e. The zero-order valence-corrected chi connectivity index (χ0v) is 12.5. The van der Waals surface area contributed by atoms with E-state index in [4.69, 9.17) is 0 Å². The van der Waals surface area contributed by atoms with E-state index in [-0.39, 0.29) is 11.9 Å². The number of carbonyl (C=O) groups is 1. The first-order chi connectivity index (χ1) is 8.88. The number of likely N-dealkylation sites (N-methyl/N-ethyl adjacent to an activating group) is 2. The van der Waals surface area contributed by atoms with E-state index in [1.54, 1.807) is 7.05 Å². The standard InChI is InChI=1S/C15H25N3O/c1-15(2,16-3)14(19)17-11-13(18(4)5)12-9-7-6-8-10-12/h6-10,13,16H,11H2,1-5H3,(H,17,19). The highest BCUT2D eigenvalue weighted by Crippen LogP contribution is 2.17. The number of nitrogens with one attached hydrogen (secondary N) is 2. The van der Waals surface area contributed by atoms with Gasteiger partial charge in [-0.25, -0.2) is 0 Å². The van der Waals surface area contributed by atoms with Gasteiger partial charge in [0.2, 0.25) is 5.91 Å². The summed E-state index contributed by atoms with van der Waals surface area (Å²) >= 11 is 0. The molecule has 0 aromatic heterocycles. The van der Waals surface area contributed by atoms with E-state index in [9.17, 15) is 4.79 Å². The first-order valence-electron chi connectivity index (χ1n) is 6.57. The van der Waals surface area contributed by atoms with E-state index in [0.29, 0.717) is 6.54 Å². The molecule has 0 saturated carbocycles. The number of benzene rings is 1. The summed E-state index contributed by atoms with van der Waals surface area (Å²) in [6, 6.07) is 10.4. The van der Waals surface area contributed by atoms with Crippen molar-refractivity contribution in [2.45, 2.75) is 25.4 Å². The van der Waals surface area contributed by atoms with Crippen LogP contribution < -0.4 is 10.6 Å². The van der Waals surface area contributed by atoms with E-state index >= 15 is 0 Å². The van der Waals surface area contributed by atoms with Crippen molar-refractivity contribution >= 4 is 5.91 Å². The Balaban J connectivity index is 2.69. The van der Waals surface area contributed by atoms with Gasteiger partial charge in [0.1, 0.15) is 0 Å². The molecule has 1 rings (SSSR count). The van der Waals surface area contributed by atoms with Crippen molar-refractivity contribution in [2.24, 2.45) is 0 Å². The molecule has 4 nitrogen and oxygen atoms in total. The molecule has 1 unspecified atom stereocenters. The van der Waals surface area contributed by atoms with Crippen LogP contribution in [0.1, 0.15) is 25.5 Å². The third-order valence-electron chi connectivity index (χ3n) is 3.46. The van der Waals surface area contributed by atoms with Crippen molar-refractivity contribution in [3.8, 4) is 0 Å². The van der Waals surface area contributed by atoms with Gasteiger partial charge < -0.3 is 15.5 Å². The molecule has 1 amide bonds. The molecule has 0 radical (unpaired) electrons. The van der Waals surface area contributed by atoms with Gasteiger partial charge in [-0.15, -0.1) is 0 Å². The first-order valence-corrected chi connectivity index (χ1v) is 6.57. The van der Waals surface area contributed by atoms with Crippen molar-refractivity contribution in [2.75, 3.05) is 27.7 Å². The van der Waals surface area contributed by atoms with Crippen LogP contribution in [0.5, 0.6) is 0 Å². The van der Waals surface area contributed by atoms with Gasteiger partial charge in [0.05, 0.1) is 11.6 Å². The van der Waals surface area contributed by atoms with E-state index in [0.717, 1.165) is 0 Å². The number of hydrogen-bond acceptors (Lipinski definition) is 3. The Bertz CT molecular complexity index is 401. The second kappa shape index (κ2) is 6.68.